The first kappa shape index (κ1) is 20.3. The van der Waals surface area contributed by atoms with Gasteiger partial charge >= 0.3 is 0 Å². The van der Waals surface area contributed by atoms with Gasteiger partial charge < -0.3 is 14.0 Å². The van der Waals surface area contributed by atoms with Gasteiger partial charge in [0, 0.05) is 24.6 Å². The molecule has 0 N–H and O–H groups in total. The molecular weight excluding hydrogens is 420 g/mol. The maximum absolute atomic E-state index is 6.14. The van der Waals surface area contributed by atoms with Gasteiger partial charge in [0.05, 0.1) is 11.2 Å². The van der Waals surface area contributed by atoms with E-state index in [2.05, 4.69) is 15.2 Å². The number of benzene rings is 2. The minimum absolute atomic E-state index is 0.286. The summed E-state index contributed by atoms with van der Waals surface area (Å²) in [5.41, 5.74) is 1.06. The van der Waals surface area contributed by atoms with Crippen molar-refractivity contribution < 1.29 is 9.47 Å². The molecule has 0 saturated heterocycles. The first-order valence-corrected chi connectivity index (χ1v) is 10.6. The predicted octanol–water partition coefficient (Wildman–Crippen LogP) is 5.53. The summed E-state index contributed by atoms with van der Waals surface area (Å²) >= 11 is 7.72. The largest absolute Gasteiger partial charge is 0.484 e. The smallest absolute Gasteiger partial charge is 0.191 e. The lowest BCUT2D eigenvalue weighted by molar-refractivity contribution is 0.290. The molecule has 0 spiro atoms. The third-order valence-electron chi connectivity index (χ3n) is 4.31. The number of hydrogen-bond donors (Lipinski definition) is 0. The van der Waals surface area contributed by atoms with E-state index in [0.29, 0.717) is 22.3 Å². The van der Waals surface area contributed by atoms with Crippen molar-refractivity contribution >= 4 is 23.4 Å². The van der Waals surface area contributed by atoms with Crippen LogP contribution in [0.25, 0.3) is 0 Å². The molecular formula is C22H19ClN4O2S. The van der Waals surface area contributed by atoms with E-state index in [4.69, 9.17) is 21.1 Å². The molecule has 2 aromatic carbocycles. The minimum Gasteiger partial charge on any atom is -0.484 e. The van der Waals surface area contributed by atoms with E-state index < -0.39 is 0 Å². The predicted molar refractivity (Wildman–Crippen MR) is 117 cm³/mol. The maximum atomic E-state index is 6.14. The van der Waals surface area contributed by atoms with E-state index in [1.165, 1.54) is 0 Å². The van der Waals surface area contributed by atoms with Crippen LogP contribution in [0.4, 0.5) is 0 Å². The fraction of sp³-hybridized carbons (Fsp3) is 0.136. The van der Waals surface area contributed by atoms with Crippen molar-refractivity contribution in [1.82, 2.24) is 19.7 Å². The first-order chi connectivity index (χ1) is 14.7. The van der Waals surface area contributed by atoms with Gasteiger partial charge in [-0.25, -0.2) is 0 Å². The van der Waals surface area contributed by atoms with Gasteiger partial charge in [-0.05, 0) is 30.3 Å². The molecule has 0 atom stereocenters. The molecule has 2 aromatic heterocycles. The zero-order chi connectivity index (χ0) is 20.8. The molecule has 4 aromatic rings. The van der Waals surface area contributed by atoms with Crippen molar-refractivity contribution in [1.29, 1.82) is 0 Å². The van der Waals surface area contributed by atoms with Gasteiger partial charge in [0.25, 0.3) is 0 Å². The van der Waals surface area contributed by atoms with Crippen LogP contribution in [0.2, 0.25) is 5.02 Å². The Morgan fingerprint density at radius 1 is 0.967 bits per heavy atom. The average Bonchev–Trinajstić information content (AvgIpc) is 3.13. The molecule has 0 fully saturated rings. The summed E-state index contributed by atoms with van der Waals surface area (Å²) in [7, 11) is 1.92. The number of ether oxygens (including phenoxy) is 2. The van der Waals surface area contributed by atoms with Crippen LogP contribution in [-0.2, 0) is 19.4 Å². The summed E-state index contributed by atoms with van der Waals surface area (Å²) in [5, 5.41) is 9.90. The van der Waals surface area contributed by atoms with Crippen LogP contribution in [0.5, 0.6) is 17.2 Å². The van der Waals surface area contributed by atoms with E-state index in [1.54, 1.807) is 30.2 Å². The summed E-state index contributed by atoms with van der Waals surface area (Å²) < 4.78 is 13.7. The lowest BCUT2D eigenvalue weighted by Gasteiger charge is -2.11. The highest BCUT2D eigenvalue weighted by molar-refractivity contribution is 7.98. The Balaban J connectivity index is 1.41. The van der Waals surface area contributed by atoms with E-state index in [9.17, 15) is 0 Å². The lowest BCUT2D eigenvalue weighted by atomic mass is 10.2. The number of pyridine rings is 1. The quantitative estimate of drug-likeness (QED) is 0.337. The standard InChI is InChI=1S/C22H19ClN4O2S/c1-27-21(14-28-20-11-5-3-9-18(20)23)25-26-22(27)30-15-16-7-2-4-10-19(16)29-17-8-6-12-24-13-17/h2-13H,14-15H2,1H3. The summed E-state index contributed by atoms with van der Waals surface area (Å²) in [6, 6.07) is 19.0. The molecule has 152 valence electrons. The summed E-state index contributed by atoms with van der Waals surface area (Å²) in [6.45, 7) is 0.286. The van der Waals surface area contributed by atoms with Gasteiger partial charge in [0.1, 0.15) is 23.9 Å². The monoisotopic (exact) mass is 438 g/mol. The number of nitrogens with zero attached hydrogens (tertiary/aromatic N) is 4. The highest BCUT2D eigenvalue weighted by atomic mass is 35.5. The zero-order valence-electron chi connectivity index (χ0n) is 16.2. The van der Waals surface area contributed by atoms with Crippen LogP contribution in [0.3, 0.4) is 0 Å². The van der Waals surface area contributed by atoms with E-state index >= 15 is 0 Å². The lowest BCUT2D eigenvalue weighted by Crippen LogP contribution is -2.04. The fourth-order valence-electron chi connectivity index (χ4n) is 2.70. The van der Waals surface area contributed by atoms with Gasteiger partial charge in [0.15, 0.2) is 11.0 Å². The molecule has 0 radical (unpaired) electrons. The fourth-order valence-corrected chi connectivity index (χ4v) is 3.81. The van der Waals surface area contributed by atoms with Crippen LogP contribution in [0, 0.1) is 0 Å². The normalized spacial score (nSPS) is 10.7. The van der Waals surface area contributed by atoms with Crippen molar-refractivity contribution in [3.63, 3.8) is 0 Å². The highest BCUT2D eigenvalue weighted by Gasteiger charge is 2.13. The zero-order valence-corrected chi connectivity index (χ0v) is 17.8. The molecule has 6 nitrogen and oxygen atoms in total. The van der Waals surface area contributed by atoms with E-state index in [1.807, 2.05) is 66.2 Å². The van der Waals surface area contributed by atoms with Crippen LogP contribution in [0.1, 0.15) is 11.4 Å². The number of hydrogen-bond acceptors (Lipinski definition) is 6. The van der Waals surface area contributed by atoms with Gasteiger partial charge in [-0.1, -0.05) is 53.7 Å². The molecule has 0 aliphatic carbocycles. The van der Waals surface area contributed by atoms with Crippen LogP contribution < -0.4 is 9.47 Å². The third kappa shape index (κ3) is 4.93. The van der Waals surface area contributed by atoms with Gasteiger partial charge in [-0.3, -0.25) is 4.98 Å². The van der Waals surface area contributed by atoms with Crippen LogP contribution in [0.15, 0.2) is 78.2 Å². The number of thioether (sulfide) groups is 1. The second-order valence-corrected chi connectivity index (χ2v) is 7.71. The molecule has 30 heavy (non-hydrogen) atoms. The second-order valence-electron chi connectivity index (χ2n) is 6.36. The first-order valence-electron chi connectivity index (χ1n) is 9.25. The average molecular weight is 439 g/mol. The summed E-state index contributed by atoms with van der Waals surface area (Å²) in [4.78, 5) is 4.09. The number of halogens is 1. The molecule has 0 aliphatic rings. The topological polar surface area (TPSA) is 62.1 Å². The Labute approximate surface area is 183 Å². The molecule has 8 heteroatoms. The molecule has 0 unspecified atom stereocenters. The molecule has 0 aliphatic heterocycles. The Morgan fingerprint density at radius 3 is 2.57 bits per heavy atom. The van der Waals surface area contributed by atoms with E-state index in [-0.39, 0.29) is 6.61 Å². The Morgan fingerprint density at radius 2 is 1.77 bits per heavy atom. The SMILES string of the molecule is Cn1c(COc2ccccc2Cl)nnc1SCc1ccccc1Oc1cccnc1. The second kappa shape index (κ2) is 9.65. The highest BCUT2D eigenvalue weighted by Crippen LogP contribution is 2.30. The maximum Gasteiger partial charge on any atom is 0.191 e. The molecule has 2 heterocycles. The summed E-state index contributed by atoms with van der Waals surface area (Å²) in [5.74, 6) is 3.53. The molecule has 4 rings (SSSR count). The van der Waals surface area contributed by atoms with Crippen LogP contribution in [-0.4, -0.2) is 19.7 Å². The Kier molecular flexibility index (Phi) is 6.51. The van der Waals surface area contributed by atoms with Crippen molar-refractivity contribution in [2.75, 3.05) is 0 Å². The molecule has 0 bridgehead atoms. The minimum atomic E-state index is 0.286. The summed E-state index contributed by atoms with van der Waals surface area (Å²) in [6.07, 6.45) is 3.41. The number of aromatic nitrogens is 4. The van der Waals surface area contributed by atoms with Gasteiger partial charge in [-0.15, -0.1) is 10.2 Å². The van der Waals surface area contributed by atoms with Crippen molar-refractivity contribution in [3.8, 4) is 17.2 Å². The van der Waals surface area contributed by atoms with E-state index in [0.717, 1.165) is 22.3 Å². The third-order valence-corrected chi connectivity index (χ3v) is 5.69. The Bertz CT molecular complexity index is 1120. The number of para-hydroxylation sites is 2. The molecule has 0 saturated carbocycles. The van der Waals surface area contributed by atoms with Crippen molar-refractivity contribution in [2.45, 2.75) is 17.5 Å². The molecule has 0 amide bonds. The number of rotatable bonds is 8. The van der Waals surface area contributed by atoms with Crippen molar-refractivity contribution in [2.24, 2.45) is 7.05 Å². The van der Waals surface area contributed by atoms with Gasteiger partial charge in [0.2, 0.25) is 0 Å². The van der Waals surface area contributed by atoms with Crippen LogP contribution >= 0.6 is 23.4 Å². The van der Waals surface area contributed by atoms with Gasteiger partial charge in [-0.2, -0.15) is 0 Å². The Hall–Kier alpha value is -3.03. The van der Waals surface area contributed by atoms with Crippen molar-refractivity contribution in [3.05, 3.63) is 89.5 Å².